The maximum Gasteiger partial charge on any atom is 0.0157 e. The second kappa shape index (κ2) is 5.95. The Kier molecular flexibility index (Phi) is 4.79. The molecule has 0 bridgehead atoms. The fourth-order valence-corrected chi connectivity index (χ4v) is 1.54. The molecule has 13 heavy (non-hydrogen) atoms. The molecule has 0 amide bonds. The van der Waals surface area contributed by atoms with Crippen molar-refractivity contribution in [2.75, 3.05) is 33.2 Å². The molecule has 1 aliphatic rings. The van der Waals surface area contributed by atoms with Crippen molar-refractivity contribution in [3.05, 3.63) is 24.3 Å². The summed E-state index contributed by atoms with van der Waals surface area (Å²) in [5.74, 6) is 0. The van der Waals surface area contributed by atoms with E-state index in [1.807, 2.05) is 6.08 Å². The van der Waals surface area contributed by atoms with Gasteiger partial charge in [0.05, 0.1) is 0 Å². The molecule has 1 heterocycles. The first kappa shape index (κ1) is 10.5. The van der Waals surface area contributed by atoms with E-state index >= 15 is 0 Å². The predicted molar refractivity (Wildman–Crippen MR) is 57.9 cm³/mol. The van der Waals surface area contributed by atoms with Gasteiger partial charge in [-0.2, -0.15) is 0 Å². The molecule has 0 spiro atoms. The molecule has 0 aromatic heterocycles. The second-order valence-electron chi connectivity index (χ2n) is 3.62. The summed E-state index contributed by atoms with van der Waals surface area (Å²) >= 11 is 0. The Labute approximate surface area is 81.3 Å². The molecule has 0 aromatic carbocycles. The molecule has 1 N–H and O–H groups in total. The molecule has 74 valence electrons. The zero-order valence-electron chi connectivity index (χ0n) is 8.55. The molecule has 0 aliphatic carbocycles. The lowest BCUT2D eigenvalue weighted by atomic mass is 10.1. The Morgan fingerprint density at radius 1 is 1.69 bits per heavy atom. The van der Waals surface area contributed by atoms with E-state index in [1.165, 1.54) is 12.8 Å². The summed E-state index contributed by atoms with van der Waals surface area (Å²) in [7, 11) is 2.14. The van der Waals surface area contributed by atoms with Gasteiger partial charge in [0.1, 0.15) is 0 Å². The third kappa shape index (κ3) is 4.25. The first-order valence-corrected chi connectivity index (χ1v) is 5.01. The zero-order valence-corrected chi connectivity index (χ0v) is 8.55. The molecule has 1 aliphatic heterocycles. The minimum Gasteiger partial charge on any atom is -0.313 e. The number of hydrogen-bond acceptors (Lipinski definition) is 2. The first-order valence-electron chi connectivity index (χ1n) is 5.01. The molecular formula is C11H20N2. The minimum atomic E-state index is 0.992. The van der Waals surface area contributed by atoms with Crippen LogP contribution in [0.4, 0.5) is 0 Å². The molecule has 0 aromatic rings. The number of rotatable bonds is 5. The van der Waals surface area contributed by atoms with Crippen LogP contribution in [0.15, 0.2) is 24.3 Å². The maximum absolute atomic E-state index is 3.73. The molecule has 0 saturated carbocycles. The summed E-state index contributed by atoms with van der Waals surface area (Å²) in [5.41, 5.74) is 1.61. The van der Waals surface area contributed by atoms with Crippen molar-refractivity contribution >= 4 is 0 Å². The van der Waals surface area contributed by atoms with Crippen LogP contribution >= 0.6 is 0 Å². The highest BCUT2D eigenvalue weighted by Crippen LogP contribution is 2.09. The van der Waals surface area contributed by atoms with Crippen molar-refractivity contribution < 1.29 is 0 Å². The number of nitrogens with zero attached hydrogens (tertiary/aromatic N) is 1. The Morgan fingerprint density at radius 3 is 3.15 bits per heavy atom. The van der Waals surface area contributed by atoms with Gasteiger partial charge < -0.3 is 10.2 Å². The van der Waals surface area contributed by atoms with Gasteiger partial charge in [0.25, 0.3) is 0 Å². The summed E-state index contributed by atoms with van der Waals surface area (Å²) in [6.07, 6.45) is 6.72. The van der Waals surface area contributed by atoms with Crippen LogP contribution in [0, 0.1) is 0 Å². The van der Waals surface area contributed by atoms with E-state index in [-0.39, 0.29) is 0 Å². The summed E-state index contributed by atoms with van der Waals surface area (Å²) in [5, 5.41) is 3.32. The fourth-order valence-electron chi connectivity index (χ4n) is 1.54. The molecule has 2 heteroatoms. The van der Waals surface area contributed by atoms with Crippen LogP contribution in [-0.2, 0) is 0 Å². The molecule has 0 saturated heterocycles. The first-order chi connectivity index (χ1) is 6.33. The van der Waals surface area contributed by atoms with Gasteiger partial charge in [0.15, 0.2) is 0 Å². The fraction of sp³-hybridized carbons (Fsp3) is 0.636. The van der Waals surface area contributed by atoms with Gasteiger partial charge in [-0.3, -0.25) is 0 Å². The second-order valence-corrected chi connectivity index (χ2v) is 3.62. The van der Waals surface area contributed by atoms with Crippen LogP contribution < -0.4 is 5.32 Å². The third-order valence-electron chi connectivity index (χ3n) is 2.41. The molecule has 0 unspecified atom stereocenters. The van der Waals surface area contributed by atoms with E-state index in [4.69, 9.17) is 0 Å². The zero-order chi connectivity index (χ0) is 9.52. The molecule has 0 fully saturated rings. The molecular weight excluding hydrogens is 160 g/mol. The van der Waals surface area contributed by atoms with E-state index in [0.717, 1.165) is 26.2 Å². The average molecular weight is 180 g/mol. The van der Waals surface area contributed by atoms with Crippen LogP contribution in [-0.4, -0.2) is 38.1 Å². The molecule has 0 radical (unpaired) electrons. The van der Waals surface area contributed by atoms with Gasteiger partial charge in [-0.15, -0.1) is 6.58 Å². The Morgan fingerprint density at radius 2 is 2.54 bits per heavy atom. The van der Waals surface area contributed by atoms with Crippen LogP contribution in [0.2, 0.25) is 0 Å². The standard InChI is InChI=1S/C11H20N2/c1-3-9-13(2)10-6-11-4-7-12-8-5-11/h3-4,12H,1,5-10H2,2H3. The topological polar surface area (TPSA) is 15.3 Å². The van der Waals surface area contributed by atoms with E-state index in [0.29, 0.717) is 0 Å². The summed E-state index contributed by atoms with van der Waals surface area (Å²) in [6.45, 7) is 8.08. The Hall–Kier alpha value is -0.600. The predicted octanol–water partition coefficient (Wildman–Crippen LogP) is 1.41. The lowest BCUT2D eigenvalue weighted by Crippen LogP contribution is -2.24. The van der Waals surface area contributed by atoms with E-state index in [2.05, 4.69) is 29.9 Å². The van der Waals surface area contributed by atoms with Crippen molar-refractivity contribution in [1.29, 1.82) is 0 Å². The average Bonchev–Trinajstić information content (AvgIpc) is 2.17. The SMILES string of the molecule is C=CCN(C)CCC1=CCNCC1. The van der Waals surface area contributed by atoms with Gasteiger partial charge in [0, 0.05) is 19.6 Å². The smallest absolute Gasteiger partial charge is 0.0157 e. The van der Waals surface area contributed by atoms with Gasteiger partial charge >= 0.3 is 0 Å². The van der Waals surface area contributed by atoms with Crippen molar-refractivity contribution in [2.24, 2.45) is 0 Å². The number of nitrogens with one attached hydrogen (secondary N) is 1. The van der Waals surface area contributed by atoms with Crippen molar-refractivity contribution in [1.82, 2.24) is 10.2 Å². The van der Waals surface area contributed by atoms with Crippen LogP contribution in [0.1, 0.15) is 12.8 Å². The van der Waals surface area contributed by atoms with Gasteiger partial charge in [-0.25, -0.2) is 0 Å². The van der Waals surface area contributed by atoms with Gasteiger partial charge in [-0.05, 0) is 26.4 Å². The summed E-state index contributed by atoms with van der Waals surface area (Å²) < 4.78 is 0. The third-order valence-corrected chi connectivity index (χ3v) is 2.41. The number of hydrogen-bond donors (Lipinski definition) is 1. The maximum atomic E-state index is 3.73. The Balaban J connectivity index is 2.17. The normalized spacial score (nSPS) is 17.2. The molecule has 0 atom stereocenters. The molecule has 1 rings (SSSR count). The van der Waals surface area contributed by atoms with Crippen LogP contribution in [0.5, 0.6) is 0 Å². The lowest BCUT2D eigenvalue weighted by Gasteiger charge is -2.18. The largest absolute Gasteiger partial charge is 0.313 e. The van der Waals surface area contributed by atoms with E-state index < -0.39 is 0 Å². The quantitative estimate of drug-likeness (QED) is 0.644. The van der Waals surface area contributed by atoms with E-state index in [9.17, 15) is 0 Å². The summed E-state index contributed by atoms with van der Waals surface area (Å²) in [6, 6.07) is 0. The van der Waals surface area contributed by atoms with Crippen molar-refractivity contribution in [3.8, 4) is 0 Å². The summed E-state index contributed by atoms with van der Waals surface area (Å²) in [4.78, 5) is 2.30. The van der Waals surface area contributed by atoms with Crippen molar-refractivity contribution in [2.45, 2.75) is 12.8 Å². The minimum absolute atomic E-state index is 0.992. The van der Waals surface area contributed by atoms with Gasteiger partial charge in [0.2, 0.25) is 0 Å². The Bertz CT molecular complexity index is 185. The van der Waals surface area contributed by atoms with Crippen LogP contribution in [0.3, 0.4) is 0 Å². The highest BCUT2D eigenvalue weighted by atomic mass is 15.1. The van der Waals surface area contributed by atoms with Crippen molar-refractivity contribution in [3.63, 3.8) is 0 Å². The van der Waals surface area contributed by atoms with E-state index in [1.54, 1.807) is 5.57 Å². The lowest BCUT2D eigenvalue weighted by molar-refractivity contribution is 0.372. The molecule has 2 nitrogen and oxygen atoms in total. The monoisotopic (exact) mass is 180 g/mol. The number of likely N-dealkylation sites (N-methyl/N-ethyl adjacent to an activating group) is 1. The highest BCUT2D eigenvalue weighted by molar-refractivity contribution is 5.06. The highest BCUT2D eigenvalue weighted by Gasteiger charge is 2.03. The van der Waals surface area contributed by atoms with Gasteiger partial charge in [-0.1, -0.05) is 17.7 Å². The van der Waals surface area contributed by atoms with Crippen LogP contribution in [0.25, 0.3) is 0 Å².